The van der Waals surface area contributed by atoms with Gasteiger partial charge in [0.2, 0.25) is 0 Å². The predicted octanol–water partition coefficient (Wildman–Crippen LogP) is 2.54. The van der Waals surface area contributed by atoms with Crippen molar-refractivity contribution in [3.8, 4) is 0 Å². The SMILES string of the molecule is Cc1cc(C(=O)N2CCN(Cc3ccccc3)CC2)c2c(C)nn(C)c2n1. The Bertz CT molecular complexity index is 971. The number of carbonyl (C=O) groups excluding carboxylic acids is 1. The lowest BCUT2D eigenvalue weighted by atomic mass is 10.1. The number of benzene rings is 1. The van der Waals surface area contributed by atoms with Gasteiger partial charge in [0.05, 0.1) is 16.6 Å². The molecule has 1 aromatic carbocycles. The molecule has 27 heavy (non-hydrogen) atoms. The zero-order valence-electron chi connectivity index (χ0n) is 16.1. The molecule has 1 aliphatic rings. The van der Waals surface area contributed by atoms with E-state index >= 15 is 0 Å². The van der Waals surface area contributed by atoms with E-state index in [1.54, 1.807) is 4.68 Å². The topological polar surface area (TPSA) is 54.3 Å². The van der Waals surface area contributed by atoms with Crippen molar-refractivity contribution < 1.29 is 4.79 Å². The molecule has 1 amide bonds. The van der Waals surface area contributed by atoms with Crippen molar-refractivity contribution in [3.05, 3.63) is 58.9 Å². The first-order valence-corrected chi connectivity index (χ1v) is 9.39. The van der Waals surface area contributed by atoms with Crippen molar-refractivity contribution in [2.75, 3.05) is 26.2 Å². The van der Waals surface area contributed by atoms with Crippen molar-refractivity contribution in [2.45, 2.75) is 20.4 Å². The molecule has 3 aromatic rings. The monoisotopic (exact) mass is 363 g/mol. The Labute approximate surface area is 159 Å². The van der Waals surface area contributed by atoms with Crippen LogP contribution in [0.1, 0.15) is 27.3 Å². The van der Waals surface area contributed by atoms with E-state index in [0.29, 0.717) is 0 Å². The van der Waals surface area contributed by atoms with Crippen LogP contribution in [0.2, 0.25) is 0 Å². The Balaban J connectivity index is 1.51. The van der Waals surface area contributed by atoms with Crippen molar-refractivity contribution in [2.24, 2.45) is 7.05 Å². The first-order chi connectivity index (χ1) is 13.0. The fraction of sp³-hybridized carbons (Fsp3) is 0.381. The number of rotatable bonds is 3. The van der Waals surface area contributed by atoms with E-state index in [1.807, 2.05) is 37.9 Å². The lowest BCUT2D eigenvalue weighted by Crippen LogP contribution is -2.48. The van der Waals surface area contributed by atoms with Crippen LogP contribution in [0.5, 0.6) is 0 Å². The fourth-order valence-electron chi connectivity index (χ4n) is 3.86. The van der Waals surface area contributed by atoms with E-state index in [0.717, 1.165) is 60.7 Å². The molecule has 0 radical (unpaired) electrons. The Morgan fingerprint density at radius 3 is 2.48 bits per heavy atom. The van der Waals surface area contributed by atoms with E-state index in [1.165, 1.54) is 5.56 Å². The average Bonchev–Trinajstić information content (AvgIpc) is 2.96. The first kappa shape index (κ1) is 17.7. The summed E-state index contributed by atoms with van der Waals surface area (Å²) in [6, 6.07) is 12.4. The van der Waals surface area contributed by atoms with Crippen LogP contribution >= 0.6 is 0 Å². The number of aryl methyl sites for hydroxylation is 3. The second kappa shape index (κ2) is 7.12. The smallest absolute Gasteiger partial charge is 0.254 e. The highest BCUT2D eigenvalue weighted by molar-refractivity contribution is 6.06. The van der Waals surface area contributed by atoms with Gasteiger partial charge in [0, 0.05) is 45.5 Å². The van der Waals surface area contributed by atoms with Gasteiger partial charge in [0.15, 0.2) is 5.65 Å². The van der Waals surface area contributed by atoms with Gasteiger partial charge >= 0.3 is 0 Å². The lowest BCUT2D eigenvalue weighted by molar-refractivity contribution is 0.0630. The molecule has 0 atom stereocenters. The maximum Gasteiger partial charge on any atom is 0.254 e. The number of pyridine rings is 1. The summed E-state index contributed by atoms with van der Waals surface area (Å²) >= 11 is 0. The van der Waals surface area contributed by atoms with Crippen molar-refractivity contribution in [1.29, 1.82) is 0 Å². The molecule has 6 nitrogen and oxygen atoms in total. The minimum atomic E-state index is 0.0842. The van der Waals surface area contributed by atoms with Gasteiger partial charge in [0.25, 0.3) is 5.91 Å². The molecule has 140 valence electrons. The van der Waals surface area contributed by atoms with E-state index in [2.05, 4.69) is 39.2 Å². The van der Waals surface area contributed by atoms with Crippen LogP contribution in [0.15, 0.2) is 36.4 Å². The Morgan fingerprint density at radius 1 is 1.07 bits per heavy atom. The Kier molecular flexibility index (Phi) is 4.66. The third kappa shape index (κ3) is 3.45. The summed E-state index contributed by atoms with van der Waals surface area (Å²) in [5.74, 6) is 0.0842. The molecule has 0 saturated carbocycles. The number of hydrogen-bond donors (Lipinski definition) is 0. The van der Waals surface area contributed by atoms with Crippen LogP contribution in [0.4, 0.5) is 0 Å². The predicted molar refractivity (Wildman–Crippen MR) is 106 cm³/mol. The van der Waals surface area contributed by atoms with E-state index < -0.39 is 0 Å². The fourth-order valence-corrected chi connectivity index (χ4v) is 3.86. The maximum atomic E-state index is 13.2. The van der Waals surface area contributed by atoms with Crippen LogP contribution in [0.25, 0.3) is 11.0 Å². The highest BCUT2D eigenvalue weighted by Gasteiger charge is 2.25. The molecule has 4 rings (SSSR count). The molecule has 0 unspecified atom stereocenters. The molecule has 1 aliphatic heterocycles. The molecule has 3 heterocycles. The second-order valence-electron chi connectivity index (χ2n) is 7.27. The summed E-state index contributed by atoms with van der Waals surface area (Å²) in [6.07, 6.45) is 0. The molecule has 0 spiro atoms. The average molecular weight is 363 g/mol. The largest absolute Gasteiger partial charge is 0.336 e. The summed E-state index contributed by atoms with van der Waals surface area (Å²) in [4.78, 5) is 22.2. The molecule has 0 aliphatic carbocycles. The normalized spacial score (nSPS) is 15.4. The van der Waals surface area contributed by atoms with Crippen LogP contribution in [-0.2, 0) is 13.6 Å². The third-order valence-corrected chi connectivity index (χ3v) is 5.24. The van der Waals surface area contributed by atoms with E-state index in [-0.39, 0.29) is 5.91 Å². The first-order valence-electron chi connectivity index (χ1n) is 9.39. The number of fused-ring (bicyclic) bond motifs is 1. The van der Waals surface area contributed by atoms with Crippen LogP contribution in [0.3, 0.4) is 0 Å². The van der Waals surface area contributed by atoms with Crippen LogP contribution < -0.4 is 0 Å². The Morgan fingerprint density at radius 2 is 1.78 bits per heavy atom. The number of carbonyl (C=O) groups is 1. The van der Waals surface area contributed by atoms with Gasteiger partial charge in [-0.05, 0) is 25.5 Å². The van der Waals surface area contributed by atoms with Gasteiger partial charge in [-0.1, -0.05) is 30.3 Å². The highest BCUT2D eigenvalue weighted by Crippen LogP contribution is 2.23. The van der Waals surface area contributed by atoms with Gasteiger partial charge in [0.1, 0.15) is 0 Å². The zero-order valence-corrected chi connectivity index (χ0v) is 16.1. The minimum Gasteiger partial charge on any atom is -0.336 e. The van der Waals surface area contributed by atoms with E-state index in [9.17, 15) is 4.79 Å². The molecular weight excluding hydrogens is 338 g/mol. The number of piperazine rings is 1. The lowest BCUT2D eigenvalue weighted by Gasteiger charge is -2.35. The van der Waals surface area contributed by atoms with Gasteiger partial charge < -0.3 is 4.90 Å². The number of nitrogens with zero attached hydrogens (tertiary/aromatic N) is 5. The summed E-state index contributed by atoms with van der Waals surface area (Å²) in [5.41, 5.74) is 4.51. The molecule has 0 N–H and O–H groups in total. The van der Waals surface area contributed by atoms with E-state index in [4.69, 9.17) is 0 Å². The van der Waals surface area contributed by atoms with Crippen molar-refractivity contribution in [3.63, 3.8) is 0 Å². The molecule has 2 aromatic heterocycles. The van der Waals surface area contributed by atoms with Gasteiger partial charge in [-0.25, -0.2) is 4.98 Å². The maximum absolute atomic E-state index is 13.2. The van der Waals surface area contributed by atoms with Crippen LogP contribution in [-0.4, -0.2) is 56.7 Å². The van der Waals surface area contributed by atoms with Crippen LogP contribution in [0, 0.1) is 13.8 Å². The molecular formula is C21H25N5O. The third-order valence-electron chi connectivity index (χ3n) is 5.24. The highest BCUT2D eigenvalue weighted by atomic mass is 16.2. The number of aromatic nitrogens is 3. The van der Waals surface area contributed by atoms with Gasteiger partial charge in [-0.2, -0.15) is 5.10 Å². The molecule has 0 bridgehead atoms. The number of hydrogen-bond acceptors (Lipinski definition) is 4. The van der Waals surface area contributed by atoms with Crippen molar-refractivity contribution in [1.82, 2.24) is 24.6 Å². The van der Waals surface area contributed by atoms with Gasteiger partial charge in [-0.15, -0.1) is 0 Å². The second-order valence-corrected chi connectivity index (χ2v) is 7.27. The summed E-state index contributed by atoms with van der Waals surface area (Å²) in [7, 11) is 1.87. The standard InChI is InChI=1S/C21H25N5O/c1-15-13-18(19-16(2)23-24(3)20(19)22-15)21(27)26-11-9-25(10-12-26)14-17-7-5-4-6-8-17/h4-8,13H,9-12,14H2,1-3H3. The van der Waals surface area contributed by atoms with Crippen molar-refractivity contribution >= 4 is 16.9 Å². The summed E-state index contributed by atoms with van der Waals surface area (Å²) in [6.45, 7) is 8.06. The summed E-state index contributed by atoms with van der Waals surface area (Å²) < 4.78 is 1.76. The van der Waals surface area contributed by atoms with Gasteiger partial charge in [-0.3, -0.25) is 14.4 Å². The molecule has 6 heteroatoms. The molecule has 1 saturated heterocycles. The molecule has 1 fully saturated rings. The quantitative estimate of drug-likeness (QED) is 0.718. The zero-order chi connectivity index (χ0) is 19.0. The summed E-state index contributed by atoms with van der Waals surface area (Å²) in [5, 5.41) is 5.33. The number of amides is 1. The minimum absolute atomic E-state index is 0.0842. The Hall–Kier alpha value is -2.73.